The number of rotatable bonds is 3. The monoisotopic (exact) mass is 476 g/mol. The number of nitrogens with one attached hydrogen (secondary N) is 2. The number of ether oxygens (including phenoxy) is 1. The first-order valence-corrected chi connectivity index (χ1v) is 9.26. The molecule has 1 aliphatic heterocycles. The summed E-state index contributed by atoms with van der Waals surface area (Å²) < 4.78 is 7.99. The van der Waals surface area contributed by atoms with Crippen molar-refractivity contribution in [3.8, 4) is 0 Å². The molecule has 0 spiro atoms. The Morgan fingerprint density at radius 1 is 1.54 bits per heavy atom. The molecule has 4 N–H and O–H groups in total. The van der Waals surface area contributed by atoms with Gasteiger partial charge >= 0.3 is 0 Å². The second kappa shape index (κ2) is 6.91. The summed E-state index contributed by atoms with van der Waals surface area (Å²) in [4.78, 5) is 31.6. The standard InChI is InChI=1S/C16H21IN4O5/c1-16(2,3)14(25)20-15-18-12-11(13(24)19-15)7(17)5-21(12)10-4-8(23)9(6-22)26-10/h5,8-10,22-23H,4,6H2,1-3H3,(H2,18,19,20,24,25)/t8-,9-,10-/m1/s1. The van der Waals surface area contributed by atoms with Crippen molar-refractivity contribution in [1.82, 2.24) is 14.5 Å². The van der Waals surface area contributed by atoms with Gasteiger partial charge in [0.05, 0.1) is 18.1 Å². The average molecular weight is 476 g/mol. The van der Waals surface area contributed by atoms with Crippen LogP contribution in [0.4, 0.5) is 5.95 Å². The smallest absolute Gasteiger partial charge is 0.262 e. The Bertz CT molecular complexity index is 900. The van der Waals surface area contributed by atoms with E-state index >= 15 is 0 Å². The molecule has 0 aromatic carbocycles. The summed E-state index contributed by atoms with van der Waals surface area (Å²) in [6.45, 7) is 4.98. The highest BCUT2D eigenvalue weighted by Crippen LogP contribution is 2.32. The lowest BCUT2D eigenvalue weighted by molar-refractivity contribution is -0.123. The van der Waals surface area contributed by atoms with E-state index < -0.39 is 23.9 Å². The van der Waals surface area contributed by atoms with Crippen molar-refractivity contribution in [2.45, 2.75) is 45.6 Å². The molecule has 1 amide bonds. The lowest BCUT2D eigenvalue weighted by atomic mass is 9.96. The number of hydrogen-bond donors (Lipinski definition) is 4. The molecule has 0 unspecified atom stereocenters. The predicted octanol–water partition coefficient (Wildman–Crippen LogP) is 0.954. The average Bonchev–Trinajstić information content (AvgIpc) is 3.06. The molecule has 0 saturated carbocycles. The molecule has 0 bridgehead atoms. The quantitative estimate of drug-likeness (QED) is 0.489. The highest BCUT2D eigenvalue weighted by molar-refractivity contribution is 14.1. The van der Waals surface area contributed by atoms with E-state index in [9.17, 15) is 19.8 Å². The number of aromatic amines is 1. The first kappa shape index (κ1) is 19.3. The third kappa shape index (κ3) is 3.50. The van der Waals surface area contributed by atoms with E-state index in [0.29, 0.717) is 14.6 Å². The Kier molecular flexibility index (Phi) is 5.12. The summed E-state index contributed by atoms with van der Waals surface area (Å²) >= 11 is 2.03. The van der Waals surface area contributed by atoms with Crippen molar-refractivity contribution in [3.05, 3.63) is 20.1 Å². The first-order chi connectivity index (χ1) is 12.1. The third-order valence-electron chi connectivity index (χ3n) is 4.24. The van der Waals surface area contributed by atoms with E-state index in [-0.39, 0.29) is 30.4 Å². The van der Waals surface area contributed by atoms with E-state index in [4.69, 9.17) is 4.74 Å². The Hall–Kier alpha value is -1.50. The van der Waals surface area contributed by atoms with Gasteiger partial charge in [0.15, 0.2) is 5.65 Å². The van der Waals surface area contributed by atoms with Gasteiger partial charge in [-0.2, -0.15) is 4.98 Å². The zero-order valence-corrected chi connectivity index (χ0v) is 16.8. The molecule has 2 aromatic heterocycles. The van der Waals surface area contributed by atoms with Gasteiger partial charge in [0.2, 0.25) is 11.9 Å². The van der Waals surface area contributed by atoms with Crippen LogP contribution < -0.4 is 10.9 Å². The van der Waals surface area contributed by atoms with Gasteiger partial charge in [0, 0.05) is 21.6 Å². The van der Waals surface area contributed by atoms with Crippen LogP contribution in [0.15, 0.2) is 11.0 Å². The molecule has 10 heteroatoms. The van der Waals surface area contributed by atoms with Crippen LogP contribution in [-0.4, -0.2) is 49.5 Å². The minimum Gasteiger partial charge on any atom is -0.394 e. The summed E-state index contributed by atoms with van der Waals surface area (Å²) in [5.41, 5.74) is -0.672. The Balaban J connectivity index is 2.03. The molecule has 0 aliphatic carbocycles. The number of nitrogens with zero attached hydrogens (tertiary/aromatic N) is 2. The van der Waals surface area contributed by atoms with Crippen molar-refractivity contribution in [1.29, 1.82) is 0 Å². The van der Waals surface area contributed by atoms with E-state index in [1.54, 1.807) is 31.5 Å². The Morgan fingerprint density at radius 2 is 2.23 bits per heavy atom. The maximum absolute atomic E-state index is 12.5. The SMILES string of the molecule is CC(C)(C)C(=O)Nc1nc2c(c(I)cn2[C@H]2C[C@@H](O)[C@@H](CO)O2)c(=O)[nH]1. The third-order valence-corrected chi connectivity index (χ3v) is 5.06. The van der Waals surface area contributed by atoms with Gasteiger partial charge in [-0.05, 0) is 22.6 Å². The number of fused-ring (bicyclic) bond motifs is 1. The minimum atomic E-state index is -0.804. The van der Waals surface area contributed by atoms with E-state index in [1.165, 1.54) is 0 Å². The molecular formula is C16H21IN4O5. The summed E-state index contributed by atoms with van der Waals surface area (Å²) in [5.74, 6) is -0.226. The zero-order valence-electron chi connectivity index (χ0n) is 14.6. The van der Waals surface area contributed by atoms with Gasteiger partial charge in [0.1, 0.15) is 12.3 Å². The van der Waals surface area contributed by atoms with E-state index in [0.717, 1.165) is 0 Å². The minimum absolute atomic E-state index is 0.0513. The number of aliphatic hydroxyl groups is 2. The van der Waals surface area contributed by atoms with Gasteiger partial charge < -0.3 is 19.5 Å². The van der Waals surface area contributed by atoms with Crippen LogP contribution in [-0.2, 0) is 9.53 Å². The number of halogens is 1. The fraction of sp³-hybridized carbons (Fsp3) is 0.562. The maximum atomic E-state index is 12.5. The molecule has 9 nitrogen and oxygen atoms in total. The summed E-state index contributed by atoms with van der Waals surface area (Å²) in [5, 5.41) is 22.2. The Labute approximate surface area is 162 Å². The molecule has 3 rings (SSSR count). The first-order valence-electron chi connectivity index (χ1n) is 8.18. The van der Waals surface area contributed by atoms with Crippen LogP contribution in [0.25, 0.3) is 11.0 Å². The molecule has 142 valence electrons. The number of carbonyl (C=O) groups excluding carboxylic acids is 1. The molecule has 1 fully saturated rings. The second-order valence-corrected chi connectivity index (χ2v) is 8.48. The van der Waals surface area contributed by atoms with Crippen molar-refractivity contribution >= 4 is 45.5 Å². The van der Waals surface area contributed by atoms with E-state index in [2.05, 4.69) is 15.3 Å². The zero-order chi connectivity index (χ0) is 19.2. The van der Waals surface area contributed by atoms with Crippen LogP contribution in [0, 0.1) is 8.99 Å². The number of hydrogen-bond acceptors (Lipinski definition) is 6. The van der Waals surface area contributed by atoms with Crippen LogP contribution in [0.2, 0.25) is 0 Å². The van der Waals surface area contributed by atoms with E-state index in [1.807, 2.05) is 22.6 Å². The van der Waals surface area contributed by atoms with Gasteiger partial charge in [-0.3, -0.25) is 19.9 Å². The normalized spacial score (nSPS) is 23.5. The molecule has 1 aliphatic rings. The summed E-state index contributed by atoms with van der Waals surface area (Å²) in [6.07, 6.45) is -0.0728. The number of aliphatic hydroxyl groups excluding tert-OH is 2. The maximum Gasteiger partial charge on any atom is 0.262 e. The van der Waals surface area contributed by atoms with Crippen molar-refractivity contribution in [2.75, 3.05) is 11.9 Å². The van der Waals surface area contributed by atoms with Crippen molar-refractivity contribution in [2.24, 2.45) is 5.41 Å². The van der Waals surface area contributed by atoms with Gasteiger partial charge in [-0.25, -0.2) is 0 Å². The summed E-state index contributed by atoms with van der Waals surface area (Å²) in [6, 6.07) is 0. The van der Waals surface area contributed by atoms with Gasteiger partial charge in [-0.1, -0.05) is 20.8 Å². The van der Waals surface area contributed by atoms with Crippen LogP contribution in [0.5, 0.6) is 0 Å². The fourth-order valence-electron chi connectivity index (χ4n) is 2.74. The molecule has 3 atom stereocenters. The molecule has 1 saturated heterocycles. The van der Waals surface area contributed by atoms with Crippen molar-refractivity contribution in [3.63, 3.8) is 0 Å². The molecule has 26 heavy (non-hydrogen) atoms. The lowest BCUT2D eigenvalue weighted by Crippen LogP contribution is -2.29. The van der Waals surface area contributed by atoms with Crippen LogP contribution >= 0.6 is 22.6 Å². The molecule has 2 aromatic rings. The lowest BCUT2D eigenvalue weighted by Gasteiger charge is -2.17. The van der Waals surface area contributed by atoms with Crippen LogP contribution in [0.3, 0.4) is 0 Å². The molecular weight excluding hydrogens is 455 g/mol. The highest BCUT2D eigenvalue weighted by atomic mass is 127. The summed E-state index contributed by atoms with van der Waals surface area (Å²) in [7, 11) is 0. The highest BCUT2D eigenvalue weighted by Gasteiger charge is 2.35. The van der Waals surface area contributed by atoms with Crippen LogP contribution in [0.1, 0.15) is 33.4 Å². The molecule has 0 radical (unpaired) electrons. The van der Waals surface area contributed by atoms with Crippen molar-refractivity contribution < 1.29 is 19.7 Å². The number of H-pyrrole nitrogens is 1. The molecule has 3 heterocycles. The predicted molar refractivity (Wildman–Crippen MR) is 103 cm³/mol. The topological polar surface area (TPSA) is 129 Å². The number of aromatic nitrogens is 3. The largest absolute Gasteiger partial charge is 0.394 e. The fourth-order valence-corrected chi connectivity index (χ4v) is 3.52. The second-order valence-electron chi connectivity index (χ2n) is 7.32. The number of carbonyl (C=O) groups is 1. The van der Waals surface area contributed by atoms with Gasteiger partial charge in [-0.15, -0.1) is 0 Å². The van der Waals surface area contributed by atoms with Gasteiger partial charge in [0.25, 0.3) is 5.56 Å². The Morgan fingerprint density at radius 3 is 2.81 bits per heavy atom. The number of amides is 1. The number of anilines is 1.